The predicted molar refractivity (Wildman–Crippen MR) is 96.7 cm³/mol. The van der Waals surface area contributed by atoms with Gasteiger partial charge in [-0.2, -0.15) is 0 Å². The van der Waals surface area contributed by atoms with Crippen molar-refractivity contribution in [3.8, 4) is 11.5 Å². The van der Waals surface area contributed by atoms with E-state index in [1.54, 1.807) is 7.11 Å². The molecular weight excluding hydrogens is 412 g/mol. The Labute approximate surface area is 149 Å². The Morgan fingerprint density at radius 3 is 2.32 bits per heavy atom. The summed E-state index contributed by atoms with van der Waals surface area (Å²) >= 11 is 7.12. The van der Waals surface area contributed by atoms with Crippen LogP contribution in [0, 0.1) is 5.41 Å². The number of aromatic hydroxyl groups is 1. The van der Waals surface area contributed by atoms with Crippen molar-refractivity contribution in [2.24, 2.45) is 5.41 Å². The van der Waals surface area contributed by atoms with Crippen LogP contribution >= 0.6 is 31.9 Å². The molecule has 0 radical (unpaired) electrons. The van der Waals surface area contributed by atoms with Crippen molar-refractivity contribution in [2.75, 3.05) is 33.3 Å². The quantitative estimate of drug-likeness (QED) is 0.755. The Balaban J connectivity index is 2.54. The molecule has 1 aliphatic rings. The van der Waals surface area contributed by atoms with Crippen molar-refractivity contribution in [1.29, 1.82) is 0 Å². The zero-order chi connectivity index (χ0) is 16.5. The highest BCUT2D eigenvalue weighted by molar-refractivity contribution is 9.13. The van der Waals surface area contributed by atoms with Gasteiger partial charge >= 0.3 is 0 Å². The highest BCUT2D eigenvalue weighted by atomic mass is 79.9. The predicted octanol–water partition coefficient (Wildman–Crippen LogP) is 3.92. The number of phenols is 1. The molecule has 0 spiro atoms. The molecule has 124 valence electrons. The van der Waals surface area contributed by atoms with Crippen molar-refractivity contribution in [3.63, 3.8) is 0 Å². The van der Waals surface area contributed by atoms with E-state index in [-0.39, 0.29) is 17.2 Å². The topological polar surface area (TPSA) is 44.7 Å². The SMILES string of the molecule is COc1cc([C@@H](N2CCNCC2)C(C)(C)C)c(Br)c(Br)c1O. The Kier molecular flexibility index (Phi) is 5.80. The van der Waals surface area contributed by atoms with Gasteiger partial charge in [-0.05, 0) is 48.9 Å². The first kappa shape index (κ1) is 18.0. The summed E-state index contributed by atoms with van der Waals surface area (Å²) < 4.78 is 6.88. The largest absolute Gasteiger partial charge is 0.503 e. The number of benzene rings is 1. The summed E-state index contributed by atoms with van der Waals surface area (Å²) in [6, 6.07) is 2.18. The van der Waals surface area contributed by atoms with Crippen LogP contribution in [0.4, 0.5) is 0 Å². The second kappa shape index (κ2) is 7.07. The maximum absolute atomic E-state index is 10.2. The molecule has 1 fully saturated rings. The fraction of sp³-hybridized carbons (Fsp3) is 0.625. The number of nitrogens with one attached hydrogen (secondary N) is 1. The van der Waals surface area contributed by atoms with Gasteiger partial charge in [-0.3, -0.25) is 4.90 Å². The van der Waals surface area contributed by atoms with Crippen LogP contribution in [0.15, 0.2) is 15.0 Å². The number of nitrogens with zero attached hydrogens (tertiary/aromatic N) is 1. The Morgan fingerprint density at radius 1 is 1.23 bits per heavy atom. The van der Waals surface area contributed by atoms with Crippen molar-refractivity contribution < 1.29 is 9.84 Å². The Bertz CT molecular complexity index is 538. The molecular formula is C16H24Br2N2O2. The number of halogens is 2. The summed E-state index contributed by atoms with van der Waals surface area (Å²) in [4.78, 5) is 2.50. The fourth-order valence-electron chi connectivity index (χ4n) is 3.12. The molecule has 1 heterocycles. The van der Waals surface area contributed by atoms with Gasteiger partial charge in [-0.1, -0.05) is 20.8 Å². The molecule has 0 bridgehead atoms. The summed E-state index contributed by atoms with van der Waals surface area (Å²) in [6.45, 7) is 10.8. The molecule has 0 aromatic heterocycles. The van der Waals surface area contributed by atoms with E-state index < -0.39 is 0 Å². The summed E-state index contributed by atoms with van der Waals surface area (Å²) in [7, 11) is 1.58. The number of hydrogen-bond acceptors (Lipinski definition) is 4. The third-order valence-corrected chi connectivity index (χ3v) is 6.18. The molecule has 1 atom stereocenters. The molecule has 2 N–H and O–H groups in total. The number of ether oxygens (including phenoxy) is 1. The van der Waals surface area contributed by atoms with Gasteiger partial charge in [0.1, 0.15) is 0 Å². The van der Waals surface area contributed by atoms with Crippen LogP contribution in [0.2, 0.25) is 0 Å². The Hall–Kier alpha value is -0.300. The molecule has 0 unspecified atom stereocenters. The van der Waals surface area contributed by atoms with Crippen molar-refractivity contribution in [2.45, 2.75) is 26.8 Å². The molecule has 22 heavy (non-hydrogen) atoms. The molecule has 1 saturated heterocycles. The van der Waals surface area contributed by atoms with Crippen LogP contribution in [0.3, 0.4) is 0 Å². The number of piperazine rings is 1. The third-order valence-electron chi connectivity index (χ3n) is 4.03. The third kappa shape index (κ3) is 3.61. The van der Waals surface area contributed by atoms with E-state index in [0.717, 1.165) is 36.2 Å². The molecule has 6 heteroatoms. The lowest BCUT2D eigenvalue weighted by Crippen LogP contribution is -2.48. The molecule has 2 rings (SSSR count). The maximum Gasteiger partial charge on any atom is 0.173 e. The van der Waals surface area contributed by atoms with Gasteiger partial charge in [-0.15, -0.1) is 0 Å². The second-order valence-electron chi connectivity index (χ2n) is 6.70. The van der Waals surface area contributed by atoms with E-state index >= 15 is 0 Å². The second-order valence-corrected chi connectivity index (χ2v) is 8.29. The summed E-state index contributed by atoms with van der Waals surface area (Å²) in [5.41, 5.74) is 1.19. The van der Waals surface area contributed by atoms with Crippen molar-refractivity contribution >= 4 is 31.9 Å². The van der Waals surface area contributed by atoms with Crippen LogP contribution < -0.4 is 10.1 Å². The van der Waals surface area contributed by atoms with Crippen molar-refractivity contribution in [1.82, 2.24) is 10.2 Å². The number of hydrogen-bond donors (Lipinski definition) is 2. The number of rotatable bonds is 3. The van der Waals surface area contributed by atoms with Crippen LogP contribution in [0.1, 0.15) is 32.4 Å². The lowest BCUT2D eigenvalue weighted by atomic mass is 9.81. The van der Waals surface area contributed by atoms with E-state index in [1.807, 2.05) is 6.07 Å². The molecule has 0 amide bonds. The zero-order valence-electron chi connectivity index (χ0n) is 13.5. The number of phenolic OH excluding ortho intramolecular Hbond substituents is 1. The van der Waals surface area contributed by atoms with E-state index in [2.05, 4.69) is 62.8 Å². The first-order valence-electron chi connectivity index (χ1n) is 7.47. The van der Waals surface area contributed by atoms with Gasteiger partial charge in [0.15, 0.2) is 11.5 Å². The highest BCUT2D eigenvalue weighted by Crippen LogP contribution is 2.48. The van der Waals surface area contributed by atoms with Gasteiger partial charge in [0.25, 0.3) is 0 Å². The lowest BCUT2D eigenvalue weighted by molar-refractivity contribution is 0.0854. The van der Waals surface area contributed by atoms with Gasteiger partial charge in [-0.25, -0.2) is 0 Å². The van der Waals surface area contributed by atoms with E-state index in [4.69, 9.17) is 4.74 Å². The molecule has 4 nitrogen and oxygen atoms in total. The standard InChI is InChI=1S/C16H24Br2N2O2/c1-16(2,3)15(20-7-5-19-6-8-20)10-9-11(22-4)14(21)13(18)12(10)17/h9,15,19,21H,5-8H2,1-4H3/t15-/m1/s1. The van der Waals surface area contributed by atoms with Crippen LogP contribution in [-0.2, 0) is 0 Å². The minimum Gasteiger partial charge on any atom is -0.503 e. The van der Waals surface area contributed by atoms with E-state index in [9.17, 15) is 5.11 Å². The monoisotopic (exact) mass is 434 g/mol. The Morgan fingerprint density at radius 2 is 1.82 bits per heavy atom. The lowest BCUT2D eigenvalue weighted by Gasteiger charge is -2.43. The normalized spacial score (nSPS) is 18.3. The van der Waals surface area contributed by atoms with E-state index in [0.29, 0.717) is 10.2 Å². The molecule has 1 aliphatic heterocycles. The molecule has 1 aromatic carbocycles. The van der Waals surface area contributed by atoms with Gasteiger partial charge in [0, 0.05) is 36.7 Å². The van der Waals surface area contributed by atoms with Gasteiger partial charge in [0.05, 0.1) is 11.6 Å². The highest BCUT2D eigenvalue weighted by Gasteiger charge is 2.35. The minimum absolute atomic E-state index is 0.0568. The zero-order valence-corrected chi connectivity index (χ0v) is 16.7. The smallest absolute Gasteiger partial charge is 0.173 e. The first-order chi connectivity index (χ1) is 10.3. The summed E-state index contributed by atoms with van der Waals surface area (Å²) in [5.74, 6) is 0.626. The van der Waals surface area contributed by atoms with Crippen molar-refractivity contribution in [3.05, 3.63) is 20.6 Å². The molecule has 0 saturated carbocycles. The summed E-state index contributed by atoms with van der Waals surface area (Å²) in [5, 5.41) is 13.6. The van der Waals surface area contributed by atoms with Crippen LogP contribution in [0.5, 0.6) is 11.5 Å². The average Bonchev–Trinajstić information content (AvgIpc) is 2.47. The maximum atomic E-state index is 10.2. The van der Waals surface area contributed by atoms with Crippen LogP contribution in [-0.4, -0.2) is 43.3 Å². The van der Waals surface area contributed by atoms with Gasteiger partial charge < -0.3 is 15.2 Å². The minimum atomic E-state index is 0.0568. The summed E-state index contributed by atoms with van der Waals surface area (Å²) in [6.07, 6.45) is 0. The number of methoxy groups -OCH3 is 1. The first-order valence-corrected chi connectivity index (χ1v) is 9.05. The average molecular weight is 436 g/mol. The van der Waals surface area contributed by atoms with Crippen LogP contribution in [0.25, 0.3) is 0 Å². The molecule has 1 aromatic rings. The molecule has 0 aliphatic carbocycles. The van der Waals surface area contributed by atoms with Gasteiger partial charge in [0.2, 0.25) is 0 Å². The fourth-order valence-corrected chi connectivity index (χ4v) is 4.06. The van der Waals surface area contributed by atoms with E-state index in [1.165, 1.54) is 0 Å².